The number of carbonyl (C=O) groups excluding carboxylic acids is 2. The summed E-state index contributed by atoms with van der Waals surface area (Å²) in [5.74, 6) is -1.10. The molecule has 0 bridgehead atoms. The second-order valence-corrected chi connectivity index (χ2v) is 10.4. The maximum Gasteiger partial charge on any atom is 0.416 e. The van der Waals surface area contributed by atoms with Crippen molar-refractivity contribution in [2.24, 2.45) is 17.2 Å². The number of carbonyl (C=O) groups is 2. The van der Waals surface area contributed by atoms with E-state index in [1.807, 2.05) is 7.05 Å². The van der Waals surface area contributed by atoms with Gasteiger partial charge in [0.25, 0.3) is 0 Å². The number of hydrogen-bond acceptors (Lipinski definition) is 7. The molecule has 3 rings (SSSR count). The van der Waals surface area contributed by atoms with Gasteiger partial charge in [-0.3, -0.25) is 19.6 Å². The number of alkyl halides is 3. The van der Waals surface area contributed by atoms with Gasteiger partial charge in [-0.05, 0) is 42.7 Å². The minimum absolute atomic E-state index is 0.0487. The summed E-state index contributed by atoms with van der Waals surface area (Å²) in [6, 6.07) is 5.86. The van der Waals surface area contributed by atoms with Crippen molar-refractivity contribution in [2.45, 2.75) is 37.5 Å². The highest BCUT2D eigenvalue weighted by Gasteiger charge is 2.31. The summed E-state index contributed by atoms with van der Waals surface area (Å²) in [4.78, 5) is 34.7. The molecule has 8 N–H and O–H groups in total. The van der Waals surface area contributed by atoms with Crippen LogP contribution in [0, 0.1) is 0 Å². The average Bonchev–Trinajstić information content (AvgIpc) is 2.92. The molecule has 0 fully saturated rings. The maximum atomic E-state index is 13.3. The van der Waals surface area contributed by atoms with Gasteiger partial charge in [-0.2, -0.15) is 13.2 Å². The third-order valence-corrected chi connectivity index (χ3v) is 6.99. The summed E-state index contributed by atoms with van der Waals surface area (Å²) < 4.78 is 39.7. The molecule has 2 heterocycles. The molecule has 41 heavy (non-hydrogen) atoms. The second-order valence-electron chi connectivity index (χ2n) is 10.4. The lowest BCUT2D eigenvalue weighted by Crippen LogP contribution is -2.52. The number of fused-ring (bicyclic) bond motifs is 1. The van der Waals surface area contributed by atoms with Gasteiger partial charge in [0, 0.05) is 37.3 Å². The molecule has 0 saturated heterocycles. The number of rotatable bonds is 14. The van der Waals surface area contributed by atoms with E-state index < -0.39 is 35.6 Å². The van der Waals surface area contributed by atoms with Crippen molar-refractivity contribution in [2.75, 3.05) is 45.1 Å². The monoisotopic (exact) mass is 575 g/mol. The molecular formula is C28H38F3N8O2+. The SMILES string of the molecule is C[N+](CCN)(CCN)CCC[C@H](N)C(=O)N[C@@H](Cc1ccc(C(F)(F)F)cc1)C(=O)Nc1cnc2ccncc2c1. The first-order valence-electron chi connectivity index (χ1n) is 13.4. The van der Waals surface area contributed by atoms with E-state index in [1.165, 1.54) is 18.3 Å². The lowest BCUT2D eigenvalue weighted by Gasteiger charge is -2.34. The molecule has 0 aliphatic rings. The standard InChI is InChI=1S/C28H37F3N8O2/c1-39(13-9-32,14-10-33)12-2-3-23(34)26(40)38-25(15-19-4-6-21(7-5-19)28(29,30)31)27(41)37-22-16-20-17-35-11-8-24(20)36-18-22/h4-8,11,16-18,23,25H,2-3,9-10,12-15,32-34H2,1H3,(H-,37,38,40,41)/p+1/t23-,25-/m0/s1. The highest BCUT2D eigenvalue weighted by molar-refractivity contribution is 5.99. The number of likely N-dealkylation sites (N-methyl/N-ethyl adjacent to an activating group) is 1. The zero-order valence-corrected chi connectivity index (χ0v) is 23.0. The fourth-order valence-corrected chi connectivity index (χ4v) is 4.61. The maximum absolute atomic E-state index is 13.3. The van der Waals surface area contributed by atoms with E-state index in [1.54, 1.807) is 24.5 Å². The molecule has 13 heteroatoms. The van der Waals surface area contributed by atoms with Gasteiger partial charge in [0.1, 0.15) is 6.04 Å². The molecular weight excluding hydrogens is 537 g/mol. The van der Waals surface area contributed by atoms with Gasteiger partial charge in [-0.15, -0.1) is 0 Å². The number of halogens is 3. The molecule has 0 radical (unpaired) electrons. The molecule has 0 aliphatic heterocycles. The van der Waals surface area contributed by atoms with E-state index in [2.05, 4.69) is 20.6 Å². The number of benzene rings is 1. The highest BCUT2D eigenvalue weighted by Crippen LogP contribution is 2.29. The Morgan fingerprint density at radius 2 is 1.68 bits per heavy atom. The van der Waals surface area contributed by atoms with Crippen molar-refractivity contribution in [3.63, 3.8) is 0 Å². The summed E-state index contributed by atoms with van der Waals surface area (Å²) in [7, 11) is 2.05. The van der Waals surface area contributed by atoms with Gasteiger partial charge in [-0.25, -0.2) is 0 Å². The topological polar surface area (TPSA) is 162 Å². The van der Waals surface area contributed by atoms with Crippen molar-refractivity contribution in [3.8, 4) is 0 Å². The third kappa shape index (κ3) is 9.46. The molecule has 3 aromatic rings. The van der Waals surface area contributed by atoms with E-state index in [4.69, 9.17) is 17.2 Å². The first-order valence-corrected chi connectivity index (χ1v) is 13.4. The minimum Gasteiger partial charge on any atom is -0.343 e. The Kier molecular flexibility index (Phi) is 11.1. The van der Waals surface area contributed by atoms with Crippen LogP contribution in [0.3, 0.4) is 0 Å². The number of quaternary nitrogens is 1. The molecule has 2 aromatic heterocycles. The Balaban J connectivity index is 1.72. The Morgan fingerprint density at radius 1 is 1.00 bits per heavy atom. The van der Waals surface area contributed by atoms with Gasteiger partial charge >= 0.3 is 6.18 Å². The van der Waals surface area contributed by atoms with Gasteiger partial charge in [-0.1, -0.05) is 12.1 Å². The van der Waals surface area contributed by atoms with Crippen LogP contribution >= 0.6 is 0 Å². The predicted molar refractivity (Wildman–Crippen MR) is 151 cm³/mol. The Hall–Kier alpha value is -3.65. The first kappa shape index (κ1) is 31.9. The summed E-state index contributed by atoms with van der Waals surface area (Å²) in [6.07, 6.45) is 1.14. The number of pyridine rings is 2. The second kappa shape index (κ2) is 14.3. The first-order chi connectivity index (χ1) is 19.4. The Morgan fingerprint density at radius 3 is 2.32 bits per heavy atom. The summed E-state index contributed by atoms with van der Waals surface area (Å²) in [5.41, 5.74) is 18.3. The van der Waals surface area contributed by atoms with Crippen LogP contribution in [0.4, 0.5) is 18.9 Å². The fraction of sp³-hybridized carbons (Fsp3) is 0.429. The molecule has 2 amide bonds. The average molecular weight is 576 g/mol. The largest absolute Gasteiger partial charge is 0.416 e. The van der Waals surface area contributed by atoms with Crippen LogP contribution in [-0.4, -0.2) is 78.1 Å². The lowest BCUT2D eigenvalue weighted by molar-refractivity contribution is -0.907. The predicted octanol–water partition coefficient (Wildman–Crippen LogP) is 1.79. The van der Waals surface area contributed by atoms with Gasteiger partial charge in [0.05, 0.1) is 55.7 Å². The van der Waals surface area contributed by atoms with Crippen molar-refractivity contribution in [1.29, 1.82) is 0 Å². The van der Waals surface area contributed by atoms with E-state index in [0.717, 1.165) is 31.8 Å². The fourth-order valence-electron chi connectivity index (χ4n) is 4.61. The Bertz CT molecular complexity index is 1300. The Labute approximate surface area is 237 Å². The number of aromatic nitrogens is 2. The number of nitrogens with zero attached hydrogens (tertiary/aromatic N) is 3. The number of amides is 2. The van der Waals surface area contributed by atoms with Crippen molar-refractivity contribution < 1.29 is 27.2 Å². The zero-order valence-electron chi connectivity index (χ0n) is 23.0. The van der Waals surface area contributed by atoms with E-state index >= 15 is 0 Å². The van der Waals surface area contributed by atoms with Crippen LogP contribution < -0.4 is 27.8 Å². The van der Waals surface area contributed by atoms with Gasteiger partial charge in [0.15, 0.2) is 0 Å². The lowest BCUT2D eigenvalue weighted by atomic mass is 10.0. The molecule has 0 aliphatic carbocycles. The van der Waals surface area contributed by atoms with Crippen molar-refractivity contribution in [1.82, 2.24) is 15.3 Å². The van der Waals surface area contributed by atoms with Crippen LogP contribution in [-0.2, 0) is 22.2 Å². The van der Waals surface area contributed by atoms with Gasteiger partial charge < -0.3 is 32.3 Å². The molecule has 0 unspecified atom stereocenters. The van der Waals surface area contributed by atoms with Gasteiger partial charge in [0.2, 0.25) is 11.8 Å². The molecule has 1 aromatic carbocycles. The molecule has 0 spiro atoms. The molecule has 2 atom stereocenters. The normalized spacial score (nSPS) is 13.5. The van der Waals surface area contributed by atoms with Crippen LogP contribution in [0.25, 0.3) is 10.9 Å². The summed E-state index contributed by atoms with van der Waals surface area (Å²) in [5, 5.41) is 6.12. The van der Waals surface area contributed by atoms with Crippen molar-refractivity contribution >= 4 is 28.4 Å². The quantitative estimate of drug-likeness (QED) is 0.183. The van der Waals surface area contributed by atoms with Crippen molar-refractivity contribution in [3.05, 3.63) is 66.1 Å². The number of anilines is 1. The summed E-state index contributed by atoms with van der Waals surface area (Å²) in [6.45, 7) is 3.23. The van der Waals surface area contributed by atoms with E-state index in [9.17, 15) is 22.8 Å². The van der Waals surface area contributed by atoms with Crippen LogP contribution in [0.5, 0.6) is 0 Å². The van der Waals surface area contributed by atoms with Crippen LogP contribution in [0.1, 0.15) is 24.0 Å². The highest BCUT2D eigenvalue weighted by atomic mass is 19.4. The number of nitrogens with two attached hydrogens (primary N) is 3. The minimum atomic E-state index is -4.49. The third-order valence-electron chi connectivity index (χ3n) is 6.99. The van der Waals surface area contributed by atoms with E-state index in [-0.39, 0.29) is 6.42 Å². The molecule has 222 valence electrons. The molecule has 0 saturated carbocycles. The number of nitrogens with one attached hydrogen (secondary N) is 2. The zero-order chi connectivity index (χ0) is 30.0. The van der Waals surface area contributed by atoms with E-state index in [0.29, 0.717) is 52.6 Å². The summed E-state index contributed by atoms with van der Waals surface area (Å²) >= 11 is 0. The number of hydrogen-bond donors (Lipinski definition) is 5. The molecule has 10 nitrogen and oxygen atoms in total. The smallest absolute Gasteiger partial charge is 0.343 e. The van der Waals surface area contributed by atoms with Crippen LogP contribution in [0.2, 0.25) is 0 Å². The van der Waals surface area contributed by atoms with Crippen LogP contribution in [0.15, 0.2) is 55.0 Å².